The zero-order valence-corrected chi connectivity index (χ0v) is 21.1. The van der Waals surface area contributed by atoms with Crippen molar-refractivity contribution in [2.24, 2.45) is 0 Å². The van der Waals surface area contributed by atoms with Gasteiger partial charge < -0.3 is 34.6 Å². The van der Waals surface area contributed by atoms with Crippen molar-refractivity contribution in [1.82, 2.24) is 0 Å². The van der Waals surface area contributed by atoms with E-state index in [9.17, 15) is 20.4 Å². The second-order valence-corrected chi connectivity index (χ2v) is 10.4. The van der Waals surface area contributed by atoms with Gasteiger partial charge in [-0.2, -0.15) is 0 Å². The van der Waals surface area contributed by atoms with Crippen molar-refractivity contribution in [3.05, 3.63) is 94.5 Å². The van der Waals surface area contributed by atoms with E-state index >= 15 is 0 Å². The summed E-state index contributed by atoms with van der Waals surface area (Å²) in [5, 5.41) is 40.3. The number of fused-ring (bicyclic) bond motifs is 1. The van der Waals surface area contributed by atoms with Gasteiger partial charge in [-0.15, -0.1) is 0 Å². The lowest BCUT2D eigenvalue weighted by Gasteiger charge is -2.40. The Morgan fingerprint density at radius 3 is 2.43 bits per heavy atom. The first-order valence-corrected chi connectivity index (χ1v) is 12.6. The van der Waals surface area contributed by atoms with Crippen molar-refractivity contribution in [1.29, 1.82) is 0 Å². The molecule has 3 aromatic rings. The molecule has 196 valence electrons. The lowest BCUT2D eigenvalue weighted by molar-refractivity contribution is -0.231. The molecule has 6 atom stereocenters. The predicted molar refractivity (Wildman–Crippen MR) is 138 cm³/mol. The summed E-state index contributed by atoms with van der Waals surface area (Å²) in [7, 11) is 0. The quantitative estimate of drug-likeness (QED) is 0.390. The summed E-state index contributed by atoms with van der Waals surface area (Å²) in [6.07, 6.45) is -4.40. The molecule has 0 amide bonds. The molecule has 0 spiro atoms. The summed E-state index contributed by atoms with van der Waals surface area (Å²) in [5.41, 5.74) is 4.71. The maximum Gasteiger partial charge on any atom is 0.144 e. The van der Waals surface area contributed by atoms with Crippen LogP contribution in [0.3, 0.4) is 0 Å². The van der Waals surface area contributed by atoms with E-state index in [0.717, 1.165) is 34.6 Å². The van der Waals surface area contributed by atoms with Crippen LogP contribution in [-0.4, -0.2) is 63.7 Å². The third-order valence-corrected chi connectivity index (χ3v) is 7.35. The van der Waals surface area contributed by atoms with Crippen LogP contribution in [0.1, 0.15) is 40.8 Å². The molecule has 3 aromatic carbocycles. The Hall–Kier alpha value is -2.94. The second-order valence-electron chi connectivity index (χ2n) is 10.4. The molecule has 2 aliphatic heterocycles. The van der Waals surface area contributed by atoms with Crippen LogP contribution < -0.4 is 9.47 Å². The van der Waals surface area contributed by atoms with Crippen LogP contribution in [0.15, 0.2) is 66.7 Å². The molecule has 0 bridgehead atoms. The van der Waals surface area contributed by atoms with Crippen LogP contribution in [-0.2, 0) is 17.6 Å². The molecule has 5 rings (SSSR count). The Morgan fingerprint density at radius 1 is 0.946 bits per heavy atom. The minimum atomic E-state index is -1.40. The van der Waals surface area contributed by atoms with Crippen molar-refractivity contribution in [3.63, 3.8) is 0 Å². The molecular formula is C30H34O7. The lowest BCUT2D eigenvalue weighted by Crippen LogP contribution is -2.55. The Balaban J connectivity index is 1.24. The fraction of sp³-hybridized carbons (Fsp3) is 0.400. The number of ether oxygens (including phenoxy) is 3. The van der Waals surface area contributed by atoms with Crippen LogP contribution in [0.4, 0.5) is 0 Å². The average molecular weight is 507 g/mol. The third kappa shape index (κ3) is 5.37. The van der Waals surface area contributed by atoms with Crippen LogP contribution in [0, 0.1) is 6.92 Å². The highest BCUT2D eigenvalue weighted by Crippen LogP contribution is 2.36. The molecule has 0 aromatic heterocycles. The number of aliphatic hydroxyl groups excluding tert-OH is 4. The first-order chi connectivity index (χ1) is 17.8. The minimum Gasteiger partial charge on any atom is -0.489 e. The number of rotatable bonds is 7. The second kappa shape index (κ2) is 10.4. The molecule has 0 saturated carbocycles. The summed E-state index contributed by atoms with van der Waals surface area (Å²) in [6.45, 7) is 4.07. The van der Waals surface area contributed by atoms with Crippen LogP contribution >= 0.6 is 0 Å². The standard InChI is InChI=1S/C30H34O7/c1-18-7-10-20(29-28(34)27(33)26(32)25(16-31)36-29)14-22(18)13-19-8-11-23(12-9-19)35-17-30(2)15-21-5-3-4-6-24(21)37-30/h3-12,14,25-29,31-34H,13,15-17H2,1-2H3/t25-,26-,27+,28-,29+,30-/m1/s1. The van der Waals surface area contributed by atoms with E-state index in [-0.39, 0.29) is 0 Å². The van der Waals surface area contributed by atoms with E-state index in [1.54, 1.807) is 0 Å². The highest BCUT2D eigenvalue weighted by Gasteiger charge is 2.44. The van der Waals surface area contributed by atoms with Crippen molar-refractivity contribution < 1.29 is 34.6 Å². The lowest BCUT2D eigenvalue weighted by atomic mass is 9.89. The molecule has 1 saturated heterocycles. The maximum absolute atomic E-state index is 10.5. The minimum absolute atomic E-state index is 0.398. The van der Waals surface area contributed by atoms with E-state index in [4.69, 9.17) is 14.2 Å². The first-order valence-electron chi connectivity index (χ1n) is 12.6. The number of para-hydroxylation sites is 1. The van der Waals surface area contributed by atoms with Crippen molar-refractivity contribution >= 4 is 0 Å². The zero-order chi connectivity index (χ0) is 26.2. The molecular weight excluding hydrogens is 472 g/mol. The van der Waals surface area contributed by atoms with Gasteiger partial charge in [0.15, 0.2) is 0 Å². The smallest absolute Gasteiger partial charge is 0.144 e. The van der Waals surface area contributed by atoms with Crippen LogP contribution in [0.5, 0.6) is 11.5 Å². The maximum atomic E-state index is 10.5. The molecule has 0 aliphatic carbocycles. The molecule has 7 heteroatoms. The fourth-order valence-corrected chi connectivity index (χ4v) is 5.13. The summed E-state index contributed by atoms with van der Waals surface area (Å²) >= 11 is 0. The molecule has 7 nitrogen and oxygen atoms in total. The SMILES string of the molecule is Cc1ccc([C@@H]2O[C@H](CO)[C@@H](O)[C@H](O)[C@H]2O)cc1Cc1ccc(OC[C@@]2(C)Cc3ccccc3O2)cc1. The van der Waals surface area contributed by atoms with Gasteiger partial charge in [0.05, 0.1) is 6.61 Å². The summed E-state index contributed by atoms with van der Waals surface area (Å²) in [4.78, 5) is 0. The van der Waals surface area contributed by atoms with Crippen LogP contribution in [0.2, 0.25) is 0 Å². The van der Waals surface area contributed by atoms with E-state index in [0.29, 0.717) is 18.6 Å². The van der Waals surface area contributed by atoms with Gasteiger partial charge in [0.2, 0.25) is 0 Å². The van der Waals surface area contributed by atoms with Crippen molar-refractivity contribution in [2.45, 2.75) is 62.8 Å². The number of aliphatic hydroxyl groups is 4. The van der Waals surface area contributed by atoms with E-state index < -0.39 is 42.7 Å². The highest BCUT2D eigenvalue weighted by atomic mass is 16.6. The van der Waals surface area contributed by atoms with Gasteiger partial charge in [-0.1, -0.05) is 48.5 Å². The number of benzene rings is 3. The van der Waals surface area contributed by atoms with Crippen molar-refractivity contribution in [3.8, 4) is 11.5 Å². The predicted octanol–water partition coefficient (Wildman–Crippen LogP) is 2.87. The van der Waals surface area contributed by atoms with Gasteiger partial charge in [-0.3, -0.25) is 0 Å². The van der Waals surface area contributed by atoms with E-state index in [1.165, 1.54) is 5.56 Å². The summed E-state index contributed by atoms with van der Waals surface area (Å²) in [6, 6.07) is 21.8. The number of hydrogen-bond acceptors (Lipinski definition) is 7. The molecule has 4 N–H and O–H groups in total. The van der Waals surface area contributed by atoms with Crippen LogP contribution in [0.25, 0.3) is 0 Å². The van der Waals surface area contributed by atoms with Gasteiger partial charge in [-0.05, 0) is 66.3 Å². The molecule has 37 heavy (non-hydrogen) atoms. The Labute approximate surface area is 216 Å². The fourth-order valence-electron chi connectivity index (χ4n) is 5.13. The van der Waals surface area contributed by atoms with Gasteiger partial charge in [0, 0.05) is 6.42 Å². The monoisotopic (exact) mass is 506 g/mol. The normalized spacial score (nSPS) is 29.0. The highest BCUT2D eigenvalue weighted by molar-refractivity contribution is 5.40. The molecule has 1 fully saturated rings. The third-order valence-electron chi connectivity index (χ3n) is 7.35. The molecule has 0 radical (unpaired) electrons. The van der Waals surface area contributed by atoms with Crippen molar-refractivity contribution in [2.75, 3.05) is 13.2 Å². The molecule has 2 aliphatic rings. The van der Waals surface area contributed by atoms with E-state index in [2.05, 4.69) is 13.0 Å². The summed E-state index contributed by atoms with van der Waals surface area (Å²) in [5.74, 6) is 1.70. The number of aryl methyl sites for hydroxylation is 1. The summed E-state index contributed by atoms with van der Waals surface area (Å²) < 4.78 is 17.9. The first kappa shape index (κ1) is 25.7. The Morgan fingerprint density at radius 2 is 1.70 bits per heavy atom. The Bertz CT molecular complexity index is 1200. The molecule has 0 unspecified atom stereocenters. The molecule has 2 heterocycles. The van der Waals surface area contributed by atoms with Gasteiger partial charge in [-0.25, -0.2) is 0 Å². The zero-order valence-electron chi connectivity index (χ0n) is 21.1. The van der Waals surface area contributed by atoms with Gasteiger partial charge in [0.25, 0.3) is 0 Å². The number of hydrogen-bond donors (Lipinski definition) is 4. The van der Waals surface area contributed by atoms with Gasteiger partial charge >= 0.3 is 0 Å². The largest absolute Gasteiger partial charge is 0.489 e. The van der Waals surface area contributed by atoms with Gasteiger partial charge in [0.1, 0.15) is 54.2 Å². The average Bonchev–Trinajstić information content (AvgIpc) is 3.25. The Kier molecular flexibility index (Phi) is 7.25. The topological polar surface area (TPSA) is 109 Å². The van der Waals surface area contributed by atoms with E-state index in [1.807, 2.05) is 67.6 Å².